The van der Waals surface area contributed by atoms with Gasteiger partial charge in [0.05, 0.1) is 6.07 Å². The highest BCUT2D eigenvalue weighted by Gasteiger charge is 2.17. The molecular weight excluding hydrogens is 334 g/mol. The number of piperidine rings is 1. The Hall–Kier alpha value is -2.67. The molecule has 7 heteroatoms. The van der Waals surface area contributed by atoms with E-state index in [-0.39, 0.29) is 5.76 Å². The molecule has 3 rings (SSSR count). The minimum absolute atomic E-state index is 0.0624. The van der Waals surface area contributed by atoms with E-state index >= 15 is 0 Å². The van der Waals surface area contributed by atoms with Crippen LogP contribution in [0.25, 0.3) is 0 Å². The van der Waals surface area contributed by atoms with Crippen molar-refractivity contribution in [2.45, 2.75) is 32.9 Å². The van der Waals surface area contributed by atoms with Crippen LogP contribution in [0, 0.1) is 16.0 Å². The standard InChI is InChI=1S/C19H23N3O4/c1-14-8-10-21(11-9-14)13-16-4-2-15(3-5-16)12-20-19(23)17-6-7-18(26-17)22(24)25/h2-7,14H,8-13H2,1H3,(H,20,23). The Morgan fingerprint density at radius 2 is 1.85 bits per heavy atom. The zero-order valence-corrected chi connectivity index (χ0v) is 14.8. The second-order valence-corrected chi connectivity index (χ2v) is 6.85. The number of amides is 1. The summed E-state index contributed by atoms with van der Waals surface area (Å²) in [7, 11) is 0. The first-order chi connectivity index (χ1) is 12.5. The molecule has 1 saturated heterocycles. The van der Waals surface area contributed by atoms with E-state index < -0.39 is 16.7 Å². The van der Waals surface area contributed by atoms with E-state index in [4.69, 9.17) is 4.42 Å². The van der Waals surface area contributed by atoms with Gasteiger partial charge in [-0.05, 0) is 49.0 Å². The normalized spacial score (nSPS) is 15.7. The Morgan fingerprint density at radius 3 is 2.46 bits per heavy atom. The van der Waals surface area contributed by atoms with Gasteiger partial charge < -0.3 is 9.73 Å². The van der Waals surface area contributed by atoms with Gasteiger partial charge >= 0.3 is 5.88 Å². The highest BCUT2D eigenvalue weighted by molar-refractivity contribution is 5.91. The lowest BCUT2D eigenvalue weighted by Gasteiger charge is -2.30. The summed E-state index contributed by atoms with van der Waals surface area (Å²) in [5.74, 6) is -0.142. The fraction of sp³-hybridized carbons (Fsp3) is 0.421. The van der Waals surface area contributed by atoms with Crippen LogP contribution in [0.4, 0.5) is 5.88 Å². The summed E-state index contributed by atoms with van der Waals surface area (Å²) in [5.41, 5.74) is 2.23. The van der Waals surface area contributed by atoms with Crippen LogP contribution in [0.15, 0.2) is 40.8 Å². The Morgan fingerprint density at radius 1 is 1.19 bits per heavy atom. The fourth-order valence-corrected chi connectivity index (χ4v) is 3.06. The molecule has 0 aliphatic carbocycles. The molecule has 0 spiro atoms. The molecular formula is C19H23N3O4. The smallest absolute Gasteiger partial charge is 0.395 e. The van der Waals surface area contributed by atoms with Crippen LogP contribution in [0.3, 0.4) is 0 Å². The van der Waals surface area contributed by atoms with Crippen molar-refractivity contribution in [3.8, 4) is 0 Å². The molecule has 1 N–H and O–H groups in total. The molecule has 1 amide bonds. The number of carbonyl (C=O) groups excluding carboxylic acids is 1. The van der Waals surface area contributed by atoms with E-state index in [2.05, 4.69) is 29.3 Å². The quantitative estimate of drug-likeness (QED) is 0.633. The van der Waals surface area contributed by atoms with Crippen molar-refractivity contribution in [3.63, 3.8) is 0 Å². The number of likely N-dealkylation sites (tertiary alicyclic amines) is 1. The van der Waals surface area contributed by atoms with Gasteiger partial charge in [0.2, 0.25) is 0 Å². The van der Waals surface area contributed by atoms with Crippen molar-refractivity contribution in [3.05, 3.63) is 63.4 Å². The number of nitrogens with zero attached hydrogens (tertiary/aromatic N) is 2. The number of nitro groups is 1. The molecule has 138 valence electrons. The van der Waals surface area contributed by atoms with E-state index in [9.17, 15) is 14.9 Å². The summed E-state index contributed by atoms with van der Waals surface area (Å²) < 4.78 is 4.89. The third-order valence-corrected chi connectivity index (χ3v) is 4.75. The van der Waals surface area contributed by atoms with E-state index in [1.807, 2.05) is 12.1 Å². The maximum Gasteiger partial charge on any atom is 0.433 e. The molecule has 2 aromatic rings. The molecule has 1 aromatic carbocycles. The van der Waals surface area contributed by atoms with Gasteiger partial charge in [-0.1, -0.05) is 31.2 Å². The van der Waals surface area contributed by atoms with Crippen molar-refractivity contribution < 1.29 is 14.1 Å². The molecule has 1 aliphatic heterocycles. The first-order valence-corrected chi connectivity index (χ1v) is 8.84. The highest BCUT2D eigenvalue weighted by Crippen LogP contribution is 2.18. The molecule has 1 aromatic heterocycles. The average molecular weight is 357 g/mol. The van der Waals surface area contributed by atoms with Crippen LogP contribution in [-0.2, 0) is 13.1 Å². The lowest BCUT2D eigenvalue weighted by Crippen LogP contribution is -2.32. The molecule has 1 fully saturated rings. The topological polar surface area (TPSA) is 88.6 Å². The summed E-state index contributed by atoms with van der Waals surface area (Å²) in [6.45, 7) is 5.90. The molecule has 0 radical (unpaired) electrons. The van der Waals surface area contributed by atoms with E-state index in [0.717, 1.165) is 31.1 Å². The molecule has 0 atom stereocenters. The van der Waals surface area contributed by atoms with Crippen LogP contribution in [0.2, 0.25) is 0 Å². The predicted octanol–water partition coefficient (Wildman–Crippen LogP) is 3.35. The molecule has 0 unspecified atom stereocenters. The number of rotatable bonds is 6. The van der Waals surface area contributed by atoms with E-state index in [1.54, 1.807) is 0 Å². The molecule has 0 bridgehead atoms. The lowest BCUT2D eigenvalue weighted by molar-refractivity contribution is -0.402. The average Bonchev–Trinajstić information content (AvgIpc) is 3.13. The number of hydrogen-bond donors (Lipinski definition) is 1. The fourth-order valence-electron chi connectivity index (χ4n) is 3.06. The third kappa shape index (κ3) is 4.70. The molecule has 1 aliphatic rings. The summed E-state index contributed by atoms with van der Waals surface area (Å²) in [4.78, 5) is 24.4. The Kier molecular flexibility index (Phi) is 5.68. The van der Waals surface area contributed by atoms with Crippen molar-refractivity contribution in [1.82, 2.24) is 10.2 Å². The predicted molar refractivity (Wildman–Crippen MR) is 96.6 cm³/mol. The van der Waals surface area contributed by atoms with Gasteiger partial charge in [0, 0.05) is 13.1 Å². The number of benzene rings is 1. The van der Waals surface area contributed by atoms with Crippen LogP contribution in [0.1, 0.15) is 41.4 Å². The number of carbonyl (C=O) groups is 1. The number of nitrogens with one attached hydrogen (secondary N) is 1. The first kappa shape index (κ1) is 18.1. The van der Waals surface area contributed by atoms with Gasteiger partial charge in [-0.15, -0.1) is 0 Å². The minimum atomic E-state index is -0.668. The SMILES string of the molecule is CC1CCN(Cc2ccc(CNC(=O)c3ccc([N+](=O)[O-])o3)cc2)CC1. The maximum absolute atomic E-state index is 12.0. The van der Waals surface area contributed by atoms with Crippen molar-refractivity contribution in [2.24, 2.45) is 5.92 Å². The first-order valence-electron chi connectivity index (χ1n) is 8.84. The van der Waals surface area contributed by atoms with E-state index in [1.165, 1.54) is 30.5 Å². The Labute approximate surface area is 152 Å². The zero-order chi connectivity index (χ0) is 18.5. The monoisotopic (exact) mass is 357 g/mol. The maximum atomic E-state index is 12.0. The van der Waals surface area contributed by atoms with Crippen molar-refractivity contribution in [1.29, 1.82) is 0 Å². The van der Waals surface area contributed by atoms with Crippen molar-refractivity contribution in [2.75, 3.05) is 13.1 Å². The third-order valence-electron chi connectivity index (χ3n) is 4.75. The van der Waals surface area contributed by atoms with Gasteiger partial charge in [0.25, 0.3) is 5.91 Å². The van der Waals surface area contributed by atoms with Crippen LogP contribution in [-0.4, -0.2) is 28.8 Å². The van der Waals surface area contributed by atoms with Gasteiger partial charge in [0.1, 0.15) is 4.92 Å². The molecule has 7 nitrogen and oxygen atoms in total. The summed E-state index contributed by atoms with van der Waals surface area (Å²) >= 11 is 0. The van der Waals surface area contributed by atoms with Gasteiger partial charge in [0.15, 0.2) is 5.76 Å². The van der Waals surface area contributed by atoms with Crippen molar-refractivity contribution >= 4 is 11.8 Å². The van der Waals surface area contributed by atoms with Gasteiger partial charge in [-0.2, -0.15) is 0 Å². The Balaban J connectivity index is 1.49. The highest BCUT2D eigenvalue weighted by atomic mass is 16.6. The van der Waals surface area contributed by atoms with Crippen LogP contribution in [0.5, 0.6) is 0 Å². The molecule has 2 heterocycles. The number of hydrogen-bond acceptors (Lipinski definition) is 5. The van der Waals surface area contributed by atoms with Gasteiger partial charge in [-0.25, -0.2) is 0 Å². The number of furan rings is 1. The van der Waals surface area contributed by atoms with E-state index in [0.29, 0.717) is 6.54 Å². The van der Waals surface area contributed by atoms with Crippen LogP contribution < -0.4 is 5.32 Å². The second kappa shape index (κ2) is 8.14. The minimum Gasteiger partial charge on any atom is -0.395 e. The summed E-state index contributed by atoms with van der Waals surface area (Å²) in [5, 5.41) is 13.3. The second-order valence-electron chi connectivity index (χ2n) is 6.85. The van der Waals surface area contributed by atoms with Gasteiger partial charge in [-0.3, -0.25) is 19.8 Å². The molecule has 26 heavy (non-hydrogen) atoms. The van der Waals surface area contributed by atoms with Crippen LogP contribution >= 0.6 is 0 Å². The lowest BCUT2D eigenvalue weighted by atomic mass is 9.99. The Bertz CT molecular complexity index is 761. The zero-order valence-electron chi connectivity index (χ0n) is 14.8. The summed E-state index contributed by atoms with van der Waals surface area (Å²) in [6, 6.07) is 10.6. The largest absolute Gasteiger partial charge is 0.433 e. The summed E-state index contributed by atoms with van der Waals surface area (Å²) in [6.07, 6.45) is 2.52. The molecule has 0 saturated carbocycles.